The molecule has 3 heteroatoms. The maximum atomic E-state index is 5.39. The van der Waals surface area contributed by atoms with E-state index in [4.69, 9.17) is 4.74 Å². The molecule has 0 bridgehead atoms. The first-order valence-electron chi connectivity index (χ1n) is 6.94. The maximum Gasteiger partial charge on any atom is 0.119 e. The molecule has 3 rings (SSSR count). The van der Waals surface area contributed by atoms with Gasteiger partial charge in [0.1, 0.15) is 5.75 Å². The van der Waals surface area contributed by atoms with Crippen LogP contribution in [0.3, 0.4) is 0 Å². The van der Waals surface area contributed by atoms with Gasteiger partial charge in [-0.25, -0.2) is 0 Å². The molecule has 0 aliphatic rings. The van der Waals surface area contributed by atoms with E-state index >= 15 is 0 Å². The van der Waals surface area contributed by atoms with E-state index < -0.39 is 0 Å². The molecule has 0 atom stereocenters. The molecule has 0 saturated carbocycles. The molecule has 0 fully saturated rings. The molecular formula is C18H18OS2. The van der Waals surface area contributed by atoms with Crippen molar-refractivity contribution >= 4 is 22.7 Å². The molecule has 2 heterocycles. The molecule has 21 heavy (non-hydrogen) atoms. The van der Waals surface area contributed by atoms with Crippen molar-refractivity contribution in [3.8, 4) is 5.75 Å². The number of ether oxygens (including phenoxy) is 1. The van der Waals surface area contributed by atoms with E-state index in [9.17, 15) is 0 Å². The Morgan fingerprint density at radius 2 is 1.48 bits per heavy atom. The topological polar surface area (TPSA) is 9.23 Å². The van der Waals surface area contributed by atoms with Crippen molar-refractivity contribution in [3.63, 3.8) is 0 Å². The van der Waals surface area contributed by atoms with E-state index in [1.54, 1.807) is 7.11 Å². The standard InChI is InChI=1S/C18H18OS2/c1-12-7-9-16(20-12)18(17-10-8-13(2)21-17)14-5-4-6-15(11-14)19-3/h4-11,18H,1-3H3. The fraction of sp³-hybridized carbons (Fsp3) is 0.222. The zero-order valence-corrected chi connectivity index (χ0v) is 14.1. The number of hydrogen-bond acceptors (Lipinski definition) is 3. The Balaban J connectivity index is 2.11. The summed E-state index contributed by atoms with van der Waals surface area (Å²) in [5, 5.41) is 0. The van der Waals surface area contributed by atoms with Gasteiger partial charge in [0.2, 0.25) is 0 Å². The van der Waals surface area contributed by atoms with Crippen LogP contribution in [0.4, 0.5) is 0 Å². The monoisotopic (exact) mass is 314 g/mol. The second-order valence-electron chi connectivity index (χ2n) is 5.11. The molecule has 2 aromatic heterocycles. The highest BCUT2D eigenvalue weighted by Crippen LogP contribution is 2.39. The molecule has 1 nitrogen and oxygen atoms in total. The van der Waals surface area contributed by atoms with Crippen molar-refractivity contribution < 1.29 is 4.74 Å². The Hall–Kier alpha value is -1.58. The van der Waals surface area contributed by atoms with Crippen LogP contribution < -0.4 is 4.74 Å². The molecule has 0 N–H and O–H groups in total. The summed E-state index contributed by atoms with van der Waals surface area (Å²) >= 11 is 3.75. The zero-order valence-electron chi connectivity index (χ0n) is 12.4. The molecular weight excluding hydrogens is 296 g/mol. The summed E-state index contributed by atoms with van der Waals surface area (Å²) in [6.45, 7) is 4.33. The van der Waals surface area contributed by atoms with Crippen molar-refractivity contribution in [1.29, 1.82) is 0 Å². The molecule has 0 aliphatic heterocycles. The molecule has 0 unspecified atom stereocenters. The van der Waals surface area contributed by atoms with Gasteiger partial charge in [-0.2, -0.15) is 0 Å². The molecule has 1 aromatic carbocycles. The Labute approximate surface area is 133 Å². The van der Waals surface area contributed by atoms with E-state index in [1.807, 2.05) is 28.7 Å². The predicted molar refractivity (Wildman–Crippen MR) is 92.1 cm³/mol. The predicted octanol–water partition coefficient (Wildman–Crippen LogP) is 5.62. The minimum absolute atomic E-state index is 0.303. The van der Waals surface area contributed by atoms with Gasteiger partial charge in [0.15, 0.2) is 0 Å². The second-order valence-corrected chi connectivity index (χ2v) is 7.75. The lowest BCUT2D eigenvalue weighted by atomic mass is 9.95. The average molecular weight is 314 g/mol. The highest BCUT2D eigenvalue weighted by Gasteiger charge is 2.20. The summed E-state index contributed by atoms with van der Waals surface area (Å²) in [7, 11) is 1.72. The van der Waals surface area contributed by atoms with Crippen molar-refractivity contribution in [3.05, 3.63) is 73.6 Å². The van der Waals surface area contributed by atoms with E-state index in [-0.39, 0.29) is 0 Å². The van der Waals surface area contributed by atoms with Gasteiger partial charge in [-0.3, -0.25) is 0 Å². The van der Waals surface area contributed by atoms with Gasteiger partial charge in [-0.15, -0.1) is 22.7 Å². The van der Waals surface area contributed by atoms with Crippen molar-refractivity contribution in [2.45, 2.75) is 19.8 Å². The third-order valence-electron chi connectivity index (χ3n) is 3.52. The van der Waals surface area contributed by atoms with Crippen LogP contribution >= 0.6 is 22.7 Å². The number of rotatable bonds is 4. The van der Waals surface area contributed by atoms with Crippen LogP contribution in [0.15, 0.2) is 48.5 Å². The summed E-state index contributed by atoms with van der Waals surface area (Å²) in [5.74, 6) is 1.22. The fourth-order valence-corrected chi connectivity index (χ4v) is 4.63. The van der Waals surface area contributed by atoms with Crippen molar-refractivity contribution in [2.24, 2.45) is 0 Å². The third kappa shape index (κ3) is 3.04. The van der Waals surface area contributed by atoms with Crippen LogP contribution in [-0.2, 0) is 0 Å². The van der Waals surface area contributed by atoms with E-state index in [0.29, 0.717) is 5.92 Å². The maximum absolute atomic E-state index is 5.39. The van der Waals surface area contributed by atoms with E-state index in [1.165, 1.54) is 25.1 Å². The highest BCUT2D eigenvalue weighted by atomic mass is 32.1. The van der Waals surface area contributed by atoms with Gasteiger partial charge in [0, 0.05) is 19.5 Å². The van der Waals surface area contributed by atoms with Gasteiger partial charge in [-0.05, 0) is 55.8 Å². The summed E-state index contributed by atoms with van der Waals surface area (Å²) in [4.78, 5) is 5.49. The first kappa shape index (κ1) is 14.4. The first-order valence-corrected chi connectivity index (χ1v) is 8.57. The molecule has 0 radical (unpaired) electrons. The van der Waals surface area contributed by atoms with Crippen LogP contribution in [0.5, 0.6) is 5.75 Å². The van der Waals surface area contributed by atoms with Gasteiger partial charge < -0.3 is 4.74 Å². The minimum Gasteiger partial charge on any atom is -0.497 e. The molecule has 0 saturated heterocycles. The Bertz CT molecular complexity index is 699. The molecule has 108 valence electrons. The van der Waals surface area contributed by atoms with Crippen molar-refractivity contribution in [2.75, 3.05) is 7.11 Å². The van der Waals surface area contributed by atoms with Crippen molar-refractivity contribution in [1.82, 2.24) is 0 Å². The average Bonchev–Trinajstić information content (AvgIpc) is 3.09. The fourth-order valence-electron chi connectivity index (χ4n) is 2.51. The van der Waals surface area contributed by atoms with Gasteiger partial charge >= 0.3 is 0 Å². The van der Waals surface area contributed by atoms with Gasteiger partial charge in [0.25, 0.3) is 0 Å². The highest BCUT2D eigenvalue weighted by molar-refractivity contribution is 7.13. The quantitative estimate of drug-likeness (QED) is 0.607. The number of aryl methyl sites for hydroxylation is 2. The summed E-state index contributed by atoms with van der Waals surface area (Å²) in [6, 6.07) is 17.3. The molecule has 0 spiro atoms. The smallest absolute Gasteiger partial charge is 0.119 e. The molecule has 3 aromatic rings. The second kappa shape index (κ2) is 6.04. The lowest BCUT2D eigenvalue weighted by Crippen LogP contribution is -1.99. The Morgan fingerprint density at radius 3 is 1.95 bits per heavy atom. The summed E-state index contributed by atoms with van der Waals surface area (Å²) in [5.41, 5.74) is 1.29. The normalized spacial score (nSPS) is 11.0. The zero-order chi connectivity index (χ0) is 14.8. The first-order chi connectivity index (χ1) is 10.2. The lowest BCUT2D eigenvalue weighted by molar-refractivity contribution is 0.414. The van der Waals surface area contributed by atoms with Crippen LogP contribution in [0.2, 0.25) is 0 Å². The number of methoxy groups -OCH3 is 1. The van der Waals surface area contributed by atoms with Gasteiger partial charge in [-0.1, -0.05) is 12.1 Å². The van der Waals surface area contributed by atoms with Crippen LogP contribution in [-0.4, -0.2) is 7.11 Å². The van der Waals surface area contributed by atoms with Crippen LogP contribution in [0.1, 0.15) is 31.0 Å². The number of hydrogen-bond donors (Lipinski definition) is 0. The van der Waals surface area contributed by atoms with E-state index in [2.05, 4.69) is 56.3 Å². The third-order valence-corrected chi connectivity index (χ3v) is 5.65. The SMILES string of the molecule is COc1cccc(C(c2ccc(C)s2)c2ccc(C)s2)c1. The van der Waals surface area contributed by atoms with E-state index in [0.717, 1.165) is 5.75 Å². The minimum atomic E-state index is 0.303. The molecule has 0 amide bonds. The van der Waals surface area contributed by atoms with Crippen LogP contribution in [0, 0.1) is 13.8 Å². The number of thiophene rings is 2. The van der Waals surface area contributed by atoms with Gasteiger partial charge in [0.05, 0.1) is 13.0 Å². The largest absolute Gasteiger partial charge is 0.497 e. The van der Waals surface area contributed by atoms with Crippen LogP contribution in [0.25, 0.3) is 0 Å². The Kier molecular flexibility index (Phi) is 4.13. The summed E-state index contributed by atoms with van der Waals surface area (Å²) in [6.07, 6.45) is 0. The lowest BCUT2D eigenvalue weighted by Gasteiger charge is -2.15. The molecule has 0 aliphatic carbocycles. The Morgan fingerprint density at radius 1 is 0.857 bits per heavy atom. The number of benzene rings is 1. The summed E-state index contributed by atoms with van der Waals surface area (Å²) < 4.78 is 5.39.